The van der Waals surface area contributed by atoms with Gasteiger partial charge in [-0.05, 0) is 30.4 Å². The van der Waals surface area contributed by atoms with Gasteiger partial charge >= 0.3 is 0 Å². The highest BCUT2D eigenvalue weighted by Crippen LogP contribution is 2.40. The van der Waals surface area contributed by atoms with Gasteiger partial charge in [-0.1, -0.05) is 12.8 Å². The van der Waals surface area contributed by atoms with Gasteiger partial charge in [0.2, 0.25) is 0 Å². The number of hydrogen-bond acceptors (Lipinski definition) is 2. The van der Waals surface area contributed by atoms with Gasteiger partial charge < -0.3 is 9.73 Å². The molecule has 15 heavy (non-hydrogen) atoms. The molecule has 0 bridgehead atoms. The molecule has 0 radical (unpaired) electrons. The zero-order valence-electron chi connectivity index (χ0n) is 8.76. The van der Waals surface area contributed by atoms with Crippen LogP contribution in [0.15, 0.2) is 10.5 Å². The molecule has 0 saturated heterocycles. The Labute approximate surface area is 95.0 Å². The largest absolute Gasteiger partial charge is 0.449 e. The van der Waals surface area contributed by atoms with Crippen LogP contribution < -0.4 is 5.32 Å². The van der Waals surface area contributed by atoms with Crippen molar-refractivity contribution in [2.75, 3.05) is 6.54 Å². The van der Waals surface area contributed by atoms with Crippen LogP contribution in [0, 0.1) is 5.92 Å². The van der Waals surface area contributed by atoms with Crippen LogP contribution in [0.5, 0.6) is 0 Å². The maximum absolute atomic E-state index is 5.93. The Morgan fingerprint density at radius 3 is 2.93 bits per heavy atom. The van der Waals surface area contributed by atoms with E-state index in [2.05, 4.69) is 5.32 Å². The fourth-order valence-corrected chi connectivity index (χ4v) is 3.24. The van der Waals surface area contributed by atoms with Crippen LogP contribution in [0.1, 0.15) is 43.0 Å². The quantitative estimate of drug-likeness (QED) is 0.793. The molecule has 1 atom stereocenters. The highest BCUT2D eigenvalue weighted by molar-refractivity contribution is 6.28. The lowest BCUT2D eigenvalue weighted by Crippen LogP contribution is -2.33. The minimum Gasteiger partial charge on any atom is -0.449 e. The molecular formula is C12H16ClNO. The standard InChI is InChI=1S/C12H16ClNO/c13-11-7-9-10(15-11)5-6-14-12(9)8-3-1-2-4-8/h7-8,12,14H,1-6H2. The van der Waals surface area contributed by atoms with Gasteiger partial charge in [0.25, 0.3) is 0 Å². The van der Waals surface area contributed by atoms with E-state index >= 15 is 0 Å². The van der Waals surface area contributed by atoms with E-state index in [0.717, 1.165) is 24.6 Å². The van der Waals surface area contributed by atoms with Crippen LogP contribution in [0.3, 0.4) is 0 Å². The predicted molar refractivity (Wildman–Crippen MR) is 60.1 cm³/mol. The maximum atomic E-state index is 5.93. The van der Waals surface area contributed by atoms with E-state index in [1.165, 1.54) is 31.2 Å². The summed E-state index contributed by atoms with van der Waals surface area (Å²) in [5.41, 5.74) is 1.32. The van der Waals surface area contributed by atoms with E-state index in [9.17, 15) is 0 Å². The molecule has 1 aromatic rings. The van der Waals surface area contributed by atoms with E-state index in [4.69, 9.17) is 16.0 Å². The van der Waals surface area contributed by atoms with Gasteiger partial charge in [-0.3, -0.25) is 0 Å². The second-order valence-corrected chi connectivity index (χ2v) is 5.03. The molecule has 0 spiro atoms. The van der Waals surface area contributed by atoms with Crippen molar-refractivity contribution in [1.82, 2.24) is 5.32 Å². The van der Waals surface area contributed by atoms with Crippen molar-refractivity contribution in [3.8, 4) is 0 Å². The third-order valence-electron chi connectivity index (χ3n) is 3.73. The minimum absolute atomic E-state index is 0.493. The van der Waals surface area contributed by atoms with Gasteiger partial charge in [-0.15, -0.1) is 0 Å². The summed E-state index contributed by atoms with van der Waals surface area (Å²) in [5, 5.41) is 4.16. The molecule has 1 unspecified atom stereocenters. The van der Waals surface area contributed by atoms with Crippen LogP contribution in [0.2, 0.25) is 5.22 Å². The molecule has 1 fully saturated rings. The number of halogens is 1. The average molecular weight is 226 g/mol. The average Bonchev–Trinajstić information content (AvgIpc) is 2.82. The first kappa shape index (κ1) is 9.73. The van der Waals surface area contributed by atoms with Gasteiger partial charge in [0, 0.05) is 30.6 Å². The summed E-state index contributed by atoms with van der Waals surface area (Å²) < 4.78 is 5.52. The lowest BCUT2D eigenvalue weighted by atomic mass is 9.89. The van der Waals surface area contributed by atoms with Crippen molar-refractivity contribution in [1.29, 1.82) is 0 Å². The van der Waals surface area contributed by atoms with Crippen LogP contribution in [-0.2, 0) is 6.42 Å². The normalized spacial score (nSPS) is 26.9. The topological polar surface area (TPSA) is 25.2 Å². The van der Waals surface area contributed by atoms with Crippen LogP contribution in [0.25, 0.3) is 0 Å². The van der Waals surface area contributed by atoms with Crippen LogP contribution >= 0.6 is 11.6 Å². The van der Waals surface area contributed by atoms with Crippen LogP contribution in [0.4, 0.5) is 0 Å². The zero-order chi connectivity index (χ0) is 10.3. The Balaban J connectivity index is 1.90. The van der Waals surface area contributed by atoms with Gasteiger partial charge in [0.15, 0.2) is 5.22 Å². The third-order valence-corrected chi connectivity index (χ3v) is 3.92. The van der Waals surface area contributed by atoms with Crippen LogP contribution in [-0.4, -0.2) is 6.54 Å². The molecule has 1 saturated carbocycles. The van der Waals surface area contributed by atoms with E-state index in [1.807, 2.05) is 6.07 Å². The molecule has 0 aromatic carbocycles. The van der Waals surface area contributed by atoms with E-state index in [1.54, 1.807) is 0 Å². The predicted octanol–water partition coefficient (Wildman–Crippen LogP) is 3.31. The second-order valence-electron chi connectivity index (χ2n) is 4.66. The molecule has 1 aliphatic heterocycles. The molecule has 2 heterocycles. The zero-order valence-corrected chi connectivity index (χ0v) is 9.52. The number of fused-ring (bicyclic) bond motifs is 1. The Morgan fingerprint density at radius 2 is 2.13 bits per heavy atom. The number of furan rings is 1. The summed E-state index contributed by atoms with van der Waals surface area (Å²) in [4.78, 5) is 0. The smallest absolute Gasteiger partial charge is 0.193 e. The fourth-order valence-electron chi connectivity index (χ4n) is 3.03. The van der Waals surface area contributed by atoms with Crippen molar-refractivity contribution in [2.45, 2.75) is 38.1 Å². The molecule has 0 amide bonds. The van der Waals surface area contributed by atoms with Gasteiger partial charge in [-0.2, -0.15) is 0 Å². The Hall–Kier alpha value is -0.470. The van der Waals surface area contributed by atoms with Gasteiger partial charge in [-0.25, -0.2) is 0 Å². The van der Waals surface area contributed by atoms with Gasteiger partial charge in [0.1, 0.15) is 5.76 Å². The molecule has 2 aliphatic rings. The van der Waals surface area contributed by atoms with E-state index in [-0.39, 0.29) is 0 Å². The Kier molecular flexibility index (Phi) is 2.49. The first-order valence-electron chi connectivity index (χ1n) is 5.86. The monoisotopic (exact) mass is 225 g/mol. The Morgan fingerprint density at radius 1 is 1.33 bits per heavy atom. The number of rotatable bonds is 1. The third kappa shape index (κ3) is 1.70. The first-order valence-corrected chi connectivity index (χ1v) is 6.24. The Bertz CT molecular complexity index is 355. The summed E-state index contributed by atoms with van der Waals surface area (Å²) in [5.74, 6) is 1.90. The molecule has 1 N–H and O–H groups in total. The molecule has 3 rings (SSSR count). The second kappa shape index (κ2) is 3.84. The van der Waals surface area contributed by atoms with Crippen molar-refractivity contribution in [3.05, 3.63) is 22.6 Å². The SMILES string of the molecule is Clc1cc2c(o1)CCNC2C1CCCC1. The van der Waals surface area contributed by atoms with Crippen molar-refractivity contribution in [2.24, 2.45) is 5.92 Å². The van der Waals surface area contributed by atoms with E-state index in [0.29, 0.717) is 11.3 Å². The summed E-state index contributed by atoms with van der Waals surface area (Å²) in [6, 6.07) is 2.50. The van der Waals surface area contributed by atoms with Gasteiger partial charge in [0.05, 0.1) is 0 Å². The molecule has 1 aromatic heterocycles. The fraction of sp³-hybridized carbons (Fsp3) is 0.667. The molecule has 2 nitrogen and oxygen atoms in total. The highest BCUT2D eigenvalue weighted by Gasteiger charge is 2.31. The van der Waals surface area contributed by atoms with Crippen molar-refractivity contribution < 1.29 is 4.42 Å². The van der Waals surface area contributed by atoms with Crippen molar-refractivity contribution >= 4 is 11.6 Å². The summed E-state index contributed by atoms with van der Waals surface area (Å²) in [7, 11) is 0. The summed E-state index contributed by atoms with van der Waals surface area (Å²) in [6.07, 6.45) is 6.43. The molecular weight excluding hydrogens is 210 g/mol. The first-order chi connectivity index (χ1) is 7.34. The minimum atomic E-state index is 0.493. The lowest BCUT2D eigenvalue weighted by Gasteiger charge is -2.28. The summed E-state index contributed by atoms with van der Waals surface area (Å²) >= 11 is 5.93. The molecule has 82 valence electrons. The highest BCUT2D eigenvalue weighted by atomic mass is 35.5. The molecule has 3 heteroatoms. The van der Waals surface area contributed by atoms with Crippen molar-refractivity contribution in [3.63, 3.8) is 0 Å². The summed E-state index contributed by atoms with van der Waals surface area (Å²) in [6.45, 7) is 1.03. The van der Waals surface area contributed by atoms with E-state index < -0.39 is 0 Å². The number of nitrogens with one attached hydrogen (secondary N) is 1. The number of hydrogen-bond donors (Lipinski definition) is 1. The maximum Gasteiger partial charge on any atom is 0.193 e. The lowest BCUT2D eigenvalue weighted by molar-refractivity contribution is 0.337. The molecule has 1 aliphatic carbocycles.